The molecule has 1 saturated carbocycles. The first-order chi connectivity index (χ1) is 6.86. The highest BCUT2D eigenvalue weighted by atomic mass is 15.3. The van der Waals surface area contributed by atoms with Crippen LogP contribution in [0.15, 0.2) is 4.99 Å². The van der Waals surface area contributed by atoms with E-state index in [9.17, 15) is 0 Å². The van der Waals surface area contributed by atoms with Crippen LogP contribution in [0.25, 0.3) is 0 Å². The van der Waals surface area contributed by atoms with Crippen LogP contribution in [0.2, 0.25) is 0 Å². The summed E-state index contributed by atoms with van der Waals surface area (Å²) in [6.45, 7) is 3.77. The number of nitrogens with zero attached hydrogens (tertiary/aromatic N) is 1. The Morgan fingerprint density at radius 1 is 1.43 bits per heavy atom. The molecular weight excluding hydrogens is 176 g/mol. The lowest BCUT2D eigenvalue weighted by atomic mass is 10.0. The quantitative estimate of drug-likeness (QED) is 0.273. The Balaban J connectivity index is 2.15. The fourth-order valence-electron chi connectivity index (χ4n) is 1.98. The van der Waals surface area contributed by atoms with Gasteiger partial charge in [0.05, 0.1) is 0 Å². The second-order valence-corrected chi connectivity index (χ2v) is 3.84. The van der Waals surface area contributed by atoms with Crippen LogP contribution >= 0.6 is 0 Å². The monoisotopic (exact) mass is 198 g/mol. The highest BCUT2D eigenvalue weighted by molar-refractivity contribution is 5.78. The van der Waals surface area contributed by atoms with Crippen LogP contribution in [-0.4, -0.2) is 19.0 Å². The van der Waals surface area contributed by atoms with Crippen molar-refractivity contribution in [3.05, 3.63) is 0 Å². The van der Waals surface area contributed by atoms with Gasteiger partial charge in [-0.25, -0.2) is 5.84 Å². The largest absolute Gasteiger partial charge is 0.356 e. The van der Waals surface area contributed by atoms with E-state index >= 15 is 0 Å². The zero-order valence-corrected chi connectivity index (χ0v) is 9.05. The van der Waals surface area contributed by atoms with E-state index in [1.165, 1.54) is 32.1 Å². The van der Waals surface area contributed by atoms with E-state index in [0.717, 1.165) is 19.0 Å². The average molecular weight is 198 g/mol. The lowest BCUT2D eigenvalue weighted by Crippen LogP contribution is -2.41. The van der Waals surface area contributed by atoms with Crippen molar-refractivity contribution in [3.63, 3.8) is 0 Å². The van der Waals surface area contributed by atoms with Crippen molar-refractivity contribution in [3.8, 4) is 0 Å². The molecule has 0 heterocycles. The molecule has 0 unspecified atom stereocenters. The maximum absolute atomic E-state index is 5.31. The van der Waals surface area contributed by atoms with E-state index < -0.39 is 0 Å². The number of hydrogen-bond acceptors (Lipinski definition) is 2. The number of aliphatic imine (C=N–C) groups is 1. The Kier molecular flexibility index (Phi) is 5.37. The van der Waals surface area contributed by atoms with Crippen molar-refractivity contribution in [2.24, 2.45) is 16.8 Å². The van der Waals surface area contributed by atoms with Gasteiger partial charge in [0.1, 0.15) is 0 Å². The lowest BCUT2D eigenvalue weighted by Gasteiger charge is -2.08. The third-order valence-electron chi connectivity index (χ3n) is 2.76. The van der Waals surface area contributed by atoms with Gasteiger partial charge >= 0.3 is 0 Å². The van der Waals surface area contributed by atoms with Gasteiger partial charge in [0.15, 0.2) is 0 Å². The van der Waals surface area contributed by atoms with Crippen LogP contribution in [0, 0.1) is 5.92 Å². The molecular formula is C10H22N4. The normalized spacial score (nSPS) is 18.6. The van der Waals surface area contributed by atoms with E-state index in [1.807, 2.05) is 6.92 Å². The SMILES string of the molecule is CCNC(=NCCC1CCCC1)NN. The molecule has 0 radical (unpaired) electrons. The first-order valence-electron chi connectivity index (χ1n) is 5.61. The van der Waals surface area contributed by atoms with Crippen molar-refractivity contribution in [1.29, 1.82) is 0 Å². The van der Waals surface area contributed by atoms with Gasteiger partial charge in [-0.2, -0.15) is 0 Å². The molecule has 1 aliphatic rings. The van der Waals surface area contributed by atoms with E-state index in [-0.39, 0.29) is 0 Å². The molecule has 0 saturated heterocycles. The molecule has 82 valence electrons. The van der Waals surface area contributed by atoms with Crippen molar-refractivity contribution in [1.82, 2.24) is 10.7 Å². The molecule has 4 heteroatoms. The Bertz CT molecular complexity index is 173. The van der Waals surface area contributed by atoms with E-state index in [2.05, 4.69) is 15.7 Å². The molecule has 1 fully saturated rings. The highest BCUT2D eigenvalue weighted by Crippen LogP contribution is 2.27. The summed E-state index contributed by atoms with van der Waals surface area (Å²) in [6.07, 6.45) is 6.80. The number of rotatable bonds is 4. The fraction of sp³-hybridized carbons (Fsp3) is 0.900. The first kappa shape index (κ1) is 11.3. The second kappa shape index (κ2) is 6.65. The van der Waals surface area contributed by atoms with Crippen LogP contribution in [0.1, 0.15) is 39.0 Å². The highest BCUT2D eigenvalue weighted by Gasteiger charge is 2.13. The molecule has 1 aliphatic carbocycles. The topological polar surface area (TPSA) is 62.4 Å². The van der Waals surface area contributed by atoms with Gasteiger partial charge in [-0.15, -0.1) is 0 Å². The zero-order valence-electron chi connectivity index (χ0n) is 9.05. The molecule has 0 aromatic rings. The van der Waals surface area contributed by atoms with Crippen molar-refractivity contribution in [2.45, 2.75) is 39.0 Å². The molecule has 4 N–H and O–H groups in total. The smallest absolute Gasteiger partial charge is 0.205 e. The fourth-order valence-corrected chi connectivity index (χ4v) is 1.98. The Labute approximate surface area is 86.3 Å². The molecule has 0 spiro atoms. The van der Waals surface area contributed by atoms with Crippen molar-refractivity contribution < 1.29 is 0 Å². The standard InChI is InChI=1S/C10H22N4/c1-2-12-10(14-11)13-8-7-9-5-3-4-6-9/h9H,2-8,11H2,1H3,(H2,12,13,14). The van der Waals surface area contributed by atoms with E-state index in [1.54, 1.807) is 0 Å². The minimum absolute atomic E-state index is 0.713. The number of nitrogens with two attached hydrogens (primary N) is 1. The summed E-state index contributed by atoms with van der Waals surface area (Å²) >= 11 is 0. The third kappa shape index (κ3) is 3.96. The van der Waals surface area contributed by atoms with Gasteiger partial charge < -0.3 is 5.32 Å². The molecule has 0 amide bonds. The number of guanidine groups is 1. The average Bonchev–Trinajstić information content (AvgIpc) is 2.69. The number of nitrogens with one attached hydrogen (secondary N) is 2. The lowest BCUT2D eigenvalue weighted by molar-refractivity contribution is 0.511. The maximum Gasteiger partial charge on any atom is 0.205 e. The summed E-state index contributed by atoms with van der Waals surface area (Å²) < 4.78 is 0. The summed E-state index contributed by atoms with van der Waals surface area (Å²) in [5.74, 6) is 6.93. The molecule has 0 bridgehead atoms. The van der Waals surface area contributed by atoms with Gasteiger partial charge in [0, 0.05) is 13.1 Å². The Morgan fingerprint density at radius 3 is 2.71 bits per heavy atom. The minimum Gasteiger partial charge on any atom is -0.356 e. The number of hydrazine groups is 1. The number of hydrogen-bond donors (Lipinski definition) is 3. The molecule has 0 atom stereocenters. The Hall–Kier alpha value is -0.770. The predicted octanol–water partition coefficient (Wildman–Crippen LogP) is 0.996. The Morgan fingerprint density at radius 2 is 2.14 bits per heavy atom. The van der Waals surface area contributed by atoms with Crippen LogP contribution < -0.4 is 16.6 Å². The van der Waals surface area contributed by atoms with Crippen molar-refractivity contribution in [2.75, 3.05) is 13.1 Å². The molecule has 0 aromatic heterocycles. The van der Waals surface area contributed by atoms with Crippen LogP contribution in [0.3, 0.4) is 0 Å². The van der Waals surface area contributed by atoms with Crippen LogP contribution in [-0.2, 0) is 0 Å². The van der Waals surface area contributed by atoms with Crippen LogP contribution in [0.4, 0.5) is 0 Å². The van der Waals surface area contributed by atoms with Gasteiger partial charge in [-0.1, -0.05) is 25.7 Å². The van der Waals surface area contributed by atoms with Gasteiger partial charge in [-0.3, -0.25) is 10.4 Å². The molecule has 14 heavy (non-hydrogen) atoms. The summed E-state index contributed by atoms with van der Waals surface area (Å²) in [7, 11) is 0. The third-order valence-corrected chi connectivity index (χ3v) is 2.76. The van der Waals surface area contributed by atoms with Gasteiger partial charge in [-0.05, 0) is 19.3 Å². The summed E-state index contributed by atoms with van der Waals surface area (Å²) in [5.41, 5.74) is 2.57. The molecule has 0 aliphatic heterocycles. The maximum atomic E-state index is 5.31. The van der Waals surface area contributed by atoms with Gasteiger partial charge in [0.25, 0.3) is 0 Å². The molecule has 0 aromatic carbocycles. The van der Waals surface area contributed by atoms with E-state index in [4.69, 9.17) is 5.84 Å². The molecule has 1 rings (SSSR count). The van der Waals surface area contributed by atoms with Gasteiger partial charge in [0.2, 0.25) is 5.96 Å². The predicted molar refractivity (Wildman–Crippen MR) is 59.9 cm³/mol. The van der Waals surface area contributed by atoms with Crippen LogP contribution in [0.5, 0.6) is 0 Å². The molecule has 4 nitrogen and oxygen atoms in total. The first-order valence-corrected chi connectivity index (χ1v) is 5.61. The summed E-state index contributed by atoms with van der Waals surface area (Å²) in [6, 6.07) is 0. The second-order valence-electron chi connectivity index (χ2n) is 3.84. The summed E-state index contributed by atoms with van der Waals surface area (Å²) in [4.78, 5) is 4.36. The van der Waals surface area contributed by atoms with E-state index in [0.29, 0.717) is 5.96 Å². The zero-order chi connectivity index (χ0) is 10.2. The summed E-state index contributed by atoms with van der Waals surface area (Å²) in [5, 5.41) is 3.07. The minimum atomic E-state index is 0.713. The van der Waals surface area contributed by atoms with Crippen molar-refractivity contribution >= 4 is 5.96 Å².